The number of benzene rings is 1. The molecule has 1 aromatic rings. The highest BCUT2D eigenvalue weighted by Crippen LogP contribution is 2.47. The number of aliphatic hydroxyl groups excluding tert-OH is 1. The van der Waals surface area contributed by atoms with E-state index in [-0.39, 0.29) is 11.7 Å². The van der Waals surface area contributed by atoms with Crippen molar-refractivity contribution in [2.75, 3.05) is 6.61 Å². The Balaban J connectivity index is 1.57. The third-order valence-corrected chi connectivity index (χ3v) is 6.09. The standard InChI is InChI=1S/C25H32O2/c1-3-8-23(17-20(2)26)22-10-12-24(13-11-22)27-19-21-9-7-16-25(18-21)14-5-4-6-15-25/h9-13,23,26H,2,4-7,14-19H2,1H3. The van der Waals surface area contributed by atoms with Gasteiger partial charge in [-0.15, -0.1) is 5.92 Å². The maximum Gasteiger partial charge on any atom is 0.119 e. The predicted molar refractivity (Wildman–Crippen MR) is 112 cm³/mol. The van der Waals surface area contributed by atoms with E-state index in [4.69, 9.17) is 4.74 Å². The van der Waals surface area contributed by atoms with Gasteiger partial charge in [-0.05, 0) is 67.7 Å². The Morgan fingerprint density at radius 1 is 1.19 bits per heavy atom. The molecule has 0 aliphatic heterocycles. The Kier molecular flexibility index (Phi) is 6.67. The zero-order valence-corrected chi connectivity index (χ0v) is 16.6. The highest BCUT2D eigenvalue weighted by molar-refractivity contribution is 5.34. The Morgan fingerprint density at radius 2 is 1.93 bits per heavy atom. The lowest BCUT2D eigenvalue weighted by Gasteiger charge is -2.40. The zero-order valence-electron chi connectivity index (χ0n) is 16.6. The summed E-state index contributed by atoms with van der Waals surface area (Å²) in [5.74, 6) is 7.14. The molecular weight excluding hydrogens is 332 g/mol. The summed E-state index contributed by atoms with van der Waals surface area (Å²) in [6.45, 7) is 6.12. The normalized spacial score (nSPS) is 19.5. The molecule has 27 heavy (non-hydrogen) atoms. The van der Waals surface area contributed by atoms with Crippen LogP contribution in [0.1, 0.15) is 76.2 Å². The first-order valence-corrected chi connectivity index (χ1v) is 10.3. The SMILES string of the molecule is C=C(O)CC(C#CC)c1ccc(OCC2=CCCC3(CCCCC3)C2)cc1. The molecule has 0 heterocycles. The van der Waals surface area contributed by atoms with Gasteiger partial charge in [0.05, 0.1) is 11.7 Å². The van der Waals surface area contributed by atoms with Gasteiger partial charge in [0.2, 0.25) is 0 Å². The van der Waals surface area contributed by atoms with Crippen molar-refractivity contribution in [3.63, 3.8) is 0 Å². The average Bonchev–Trinajstić information content (AvgIpc) is 2.67. The van der Waals surface area contributed by atoms with Crippen LogP contribution in [-0.2, 0) is 0 Å². The van der Waals surface area contributed by atoms with Gasteiger partial charge in [0.1, 0.15) is 12.4 Å². The van der Waals surface area contributed by atoms with Gasteiger partial charge in [-0.2, -0.15) is 0 Å². The number of allylic oxidation sites excluding steroid dienone is 2. The monoisotopic (exact) mass is 364 g/mol. The van der Waals surface area contributed by atoms with Crippen molar-refractivity contribution in [3.8, 4) is 17.6 Å². The molecule has 1 N–H and O–H groups in total. The van der Waals surface area contributed by atoms with Gasteiger partial charge >= 0.3 is 0 Å². The van der Waals surface area contributed by atoms with Crippen molar-refractivity contribution in [2.45, 2.75) is 70.6 Å². The minimum atomic E-state index is -0.0197. The van der Waals surface area contributed by atoms with Crippen molar-refractivity contribution >= 4 is 0 Å². The Labute approximate surface area is 164 Å². The van der Waals surface area contributed by atoms with Crippen LogP contribution in [0.2, 0.25) is 0 Å². The van der Waals surface area contributed by atoms with E-state index in [2.05, 4.69) is 24.5 Å². The molecule has 2 aliphatic rings. The van der Waals surface area contributed by atoms with Crippen molar-refractivity contribution in [1.29, 1.82) is 0 Å². The molecule has 2 nitrogen and oxygen atoms in total. The lowest BCUT2D eigenvalue weighted by Crippen LogP contribution is -2.28. The molecule has 2 aliphatic carbocycles. The van der Waals surface area contributed by atoms with E-state index in [0.29, 0.717) is 18.4 Å². The van der Waals surface area contributed by atoms with Crippen molar-refractivity contribution in [2.24, 2.45) is 5.41 Å². The van der Waals surface area contributed by atoms with Crippen LogP contribution in [0.5, 0.6) is 5.75 Å². The molecule has 0 amide bonds. The van der Waals surface area contributed by atoms with Gasteiger partial charge in [0.25, 0.3) is 0 Å². The fourth-order valence-electron chi connectivity index (χ4n) is 4.70. The number of hydrogen-bond donors (Lipinski definition) is 1. The highest BCUT2D eigenvalue weighted by atomic mass is 16.5. The van der Waals surface area contributed by atoms with Crippen LogP contribution in [-0.4, -0.2) is 11.7 Å². The summed E-state index contributed by atoms with van der Waals surface area (Å²) in [4.78, 5) is 0. The first kappa shape index (κ1) is 19.6. The molecule has 2 heteroatoms. The number of rotatable bonds is 6. The second kappa shape index (κ2) is 9.18. The first-order chi connectivity index (χ1) is 13.1. The molecule has 0 bridgehead atoms. The molecule has 0 saturated heterocycles. The maximum atomic E-state index is 9.51. The van der Waals surface area contributed by atoms with E-state index in [9.17, 15) is 5.11 Å². The van der Waals surface area contributed by atoms with E-state index >= 15 is 0 Å². The van der Waals surface area contributed by atoms with Gasteiger partial charge in [0.15, 0.2) is 0 Å². The molecule has 1 atom stereocenters. The first-order valence-electron chi connectivity index (χ1n) is 10.3. The van der Waals surface area contributed by atoms with E-state index in [1.807, 2.05) is 31.2 Å². The van der Waals surface area contributed by atoms with Crippen molar-refractivity contribution < 1.29 is 9.84 Å². The maximum absolute atomic E-state index is 9.51. The molecule has 144 valence electrons. The summed E-state index contributed by atoms with van der Waals surface area (Å²) in [7, 11) is 0. The molecule has 3 rings (SSSR count). The van der Waals surface area contributed by atoms with E-state index in [1.165, 1.54) is 56.9 Å². The molecule has 1 unspecified atom stereocenters. The predicted octanol–water partition coefficient (Wildman–Crippen LogP) is 6.69. The van der Waals surface area contributed by atoms with Crippen LogP contribution in [0.4, 0.5) is 0 Å². The minimum absolute atomic E-state index is 0.0197. The van der Waals surface area contributed by atoms with Crippen LogP contribution in [0, 0.1) is 17.3 Å². The summed E-state index contributed by atoms with van der Waals surface area (Å²) in [6.07, 6.45) is 13.7. The summed E-state index contributed by atoms with van der Waals surface area (Å²) < 4.78 is 6.08. The lowest BCUT2D eigenvalue weighted by atomic mass is 9.65. The number of aliphatic hydroxyl groups is 1. The van der Waals surface area contributed by atoms with Crippen LogP contribution in [0.3, 0.4) is 0 Å². The zero-order chi connectivity index (χ0) is 19.1. The van der Waals surface area contributed by atoms with Gasteiger partial charge in [0, 0.05) is 6.42 Å². The van der Waals surface area contributed by atoms with Crippen LogP contribution >= 0.6 is 0 Å². The largest absolute Gasteiger partial charge is 0.513 e. The van der Waals surface area contributed by atoms with Crippen LogP contribution in [0.25, 0.3) is 0 Å². The Bertz CT molecular complexity index is 724. The Hall–Kier alpha value is -2.14. The van der Waals surface area contributed by atoms with Crippen molar-refractivity contribution in [1.82, 2.24) is 0 Å². The van der Waals surface area contributed by atoms with Gasteiger partial charge in [-0.25, -0.2) is 0 Å². The van der Waals surface area contributed by atoms with E-state index in [0.717, 1.165) is 11.3 Å². The fourth-order valence-corrected chi connectivity index (χ4v) is 4.70. The number of hydrogen-bond acceptors (Lipinski definition) is 2. The van der Waals surface area contributed by atoms with Gasteiger partial charge < -0.3 is 9.84 Å². The second-order valence-corrected chi connectivity index (χ2v) is 8.21. The van der Waals surface area contributed by atoms with E-state index in [1.54, 1.807) is 0 Å². The molecule has 1 fully saturated rings. The molecule has 1 spiro atoms. The van der Waals surface area contributed by atoms with Crippen LogP contribution < -0.4 is 4.74 Å². The smallest absolute Gasteiger partial charge is 0.119 e. The summed E-state index contributed by atoms with van der Waals surface area (Å²) >= 11 is 0. The van der Waals surface area contributed by atoms with Crippen molar-refractivity contribution in [3.05, 3.63) is 53.8 Å². The summed E-state index contributed by atoms with van der Waals surface area (Å²) in [5, 5.41) is 9.51. The van der Waals surface area contributed by atoms with Gasteiger partial charge in [-0.1, -0.05) is 50.0 Å². The highest BCUT2D eigenvalue weighted by Gasteiger charge is 2.34. The summed E-state index contributed by atoms with van der Waals surface area (Å²) in [5.41, 5.74) is 3.12. The molecule has 0 aromatic heterocycles. The molecule has 0 radical (unpaired) electrons. The minimum Gasteiger partial charge on any atom is -0.513 e. The fraction of sp³-hybridized carbons (Fsp3) is 0.520. The van der Waals surface area contributed by atoms with Gasteiger partial charge in [-0.3, -0.25) is 0 Å². The number of ether oxygens (including phenoxy) is 1. The third-order valence-electron chi connectivity index (χ3n) is 6.09. The third kappa shape index (κ3) is 5.42. The molecular formula is C25H32O2. The van der Waals surface area contributed by atoms with Crippen LogP contribution in [0.15, 0.2) is 48.3 Å². The van der Waals surface area contributed by atoms with E-state index < -0.39 is 0 Å². The molecule has 1 saturated carbocycles. The molecule has 1 aromatic carbocycles. The second-order valence-electron chi connectivity index (χ2n) is 8.21. The topological polar surface area (TPSA) is 29.5 Å². The lowest BCUT2D eigenvalue weighted by molar-refractivity contribution is 0.158. The summed E-state index contributed by atoms with van der Waals surface area (Å²) in [6, 6.07) is 8.12. The average molecular weight is 365 g/mol. The Morgan fingerprint density at radius 3 is 2.59 bits per heavy atom. The quantitative estimate of drug-likeness (QED) is 0.346.